The van der Waals surface area contributed by atoms with Crippen LogP contribution < -0.4 is 0 Å². The second-order valence-corrected chi connectivity index (χ2v) is 5.04. The van der Waals surface area contributed by atoms with Gasteiger partial charge in [-0.05, 0) is 13.8 Å². The van der Waals surface area contributed by atoms with E-state index in [2.05, 4.69) is 13.8 Å². The summed E-state index contributed by atoms with van der Waals surface area (Å²) in [6, 6.07) is 0. The zero-order chi connectivity index (χ0) is 6.69. The summed E-state index contributed by atoms with van der Waals surface area (Å²) in [5, 5.41) is 0. The maximum Gasteiger partial charge on any atom is 0.0552 e. The molecule has 0 saturated carbocycles. The third-order valence-electron chi connectivity index (χ3n) is 1.53. The van der Waals surface area contributed by atoms with Crippen molar-refractivity contribution >= 4 is 15.3 Å². The fourth-order valence-corrected chi connectivity index (χ4v) is 2.59. The molecule has 2 heteroatoms. The monoisotopic (exact) mass is 146 g/mol. The number of hydrogen-bond donors (Lipinski definition) is 0. The number of hydrogen-bond acceptors (Lipinski definition) is 1. The van der Waals surface area contributed by atoms with Crippen LogP contribution in [0, 0.1) is 0 Å². The van der Waals surface area contributed by atoms with Crippen molar-refractivity contribution < 1.29 is 4.74 Å². The molecule has 0 atom stereocenters. The van der Waals surface area contributed by atoms with Gasteiger partial charge in [-0.3, -0.25) is 0 Å². The molecule has 1 heterocycles. The molecule has 0 N–H and O–H groups in total. The Morgan fingerprint density at radius 2 is 1.78 bits per heavy atom. The smallest absolute Gasteiger partial charge is 0.0552 e. The van der Waals surface area contributed by atoms with Gasteiger partial charge in [0.1, 0.15) is 0 Å². The average molecular weight is 146 g/mol. The van der Waals surface area contributed by atoms with Crippen molar-refractivity contribution in [1.29, 1.82) is 0 Å². The van der Waals surface area contributed by atoms with Crippen LogP contribution in [0.25, 0.3) is 0 Å². The maximum absolute atomic E-state index is 5.24. The van der Waals surface area contributed by atoms with E-state index in [1.165, 1.54) is 11.5 Å². The second kappa shape index (κ2) is 3.37. The summed E-state index contributed by atoms with van der Waals surface area (Å²) >= 11 is 0. The van der Waals surface area contributed by atoms with Gasteiger partial charge in [0, 0.05) is 11.5 Å². The van der Waals surface area contributed by atoms with Gasteiger partial charge in [0.2, 0.25) is 0 Å². The van der Waals surface area contributed by atoms with Crippen LogP contribution in [0.3, 0.4) is 0 Å². The molecule has 9 heavy (non-hydrogen) atoms. The fourth-order valence-electron chi connectivity index (χ4n) is 0.931. The van der Waals surface area contributed by atoms with Crippen molar-refractivity contribution in [2.45, 2.75) is 13.8 Å². The van der Waals surface area contributed by atoms with E-state index in [1.807, 2.05) is 0 Å². The second-order valence-electron chi connectivity index (χ2n) is 2.42. The molecule has 0 aromatic rings. The minimum absolute atomic E-state index is 0.595. The first kappa shape index (κ1) is 7.29. The van der Waals surface area contributed by atoms with E-state index in [9.17, 15) is 0 Å². The molecule has 1 aliphatic rings. The maximum atomic E-state index is 5.24. The van der Waals surface area contributed by atoms with Crippen molar-refractivity contribution in [3.8, 4) is 0 Å². The van der Waals surface area contributed by atoms with Gasteiger partial charge in [-0.2, -0.15) is 10.5 Å². The molecule has 1 fully saturated rings. The van der Waals surface area contributed by atoms with Crippen molar-refractivity contribution in [2.24, 2.45) is 0 Å². The lowest BCUT2D eigenvalue weighted by Crippen LogP contribution is -2.13. The summed E-state index contributed by atoms with van der Waals surface area (Å²) in [5.41, 5.74) is 0. The first-order valence-corrected chi connectivity index (χ1v) is 4.92. The molecular formula is C7H14OS. The first-order valence-electron chi connectivity index (χ1n) is 3.36. The van der Waals surface area contributed by atoms with Gasteiger partial charge in [-0.15, -0.1) is 0 Å². The van der Waals surface area contributed by atoms with E-state index in [1.54, 1.807) is 4.86 Å². The van der Waals surface area contributed by atoms with Gasteiger partial charge in [0.25, 0.3) is 0 Å². The van der Waals surface area contributed by atoms with Gasteiger partial charge in [-0.25, -0.2) is 0 Å². The largest absolute Gasteiger partial charge is 0.380 e. The minimum Gasteiger partial charge on any atom is -0.380 e. The third-order valence-corrected chi connectivity index (χ3v) is 4.00. The van der Waals surface area contributed by atoms with Gasteiger partial charge in [-0.1, -0.05) is 4.86 Å². The first-order chi connectivity index (χ1) is 4.30. The zero-order valence-electron chi connectivity index (χ0n) is 6.14. The van der Waals surface area contributed by atoms with E-state index in [4.69, 9.17) is 4.74 Å². The molecule has 0 aromatic carbocycles. The summed E-state index contributed by atoms with van der Waals surface area (Å²) < 4.78 is 5.24. The third kappa shape index (κ3) is 2.11. The Morgan fingerprint density at radius 3 is 2.11 bits per heavy atom. The summed E-state index contributed by atoms with van der Waals surface area (Å²) in [4.78, 5) is 1.60. The highest BCUT2D eigenvalue weighted by Crippen LogP contribution is 2.17. The van der Waals surface area contributed by atoms with Crippen molar-refractivity contribution in [3.05, 3.63) is 0 Å². The molecule has 0 amide bonds. The quantitative estimate of drug-likeness (QED) is 0.471. The topological polar surface area (TPSA) is 9.23 Å². The van der Waals surface area contributed by atoms with E-state index < -0.39 is 0 Å². The predicted molar refractivity (Wildman–Crippen MR) is 44.5 cm³/mol. The van der Waals surface area contributed by atoms with Crippen LogP contribution in [0.15, 0.2) is 0 Å². The van der Waals surface area contributed by atoms with E-state index >= 15 is 0 Å². The molecule has 1 aliphatic heterocycles. The Morgan fingerprint density at radius 1 is 1.22 bits per heavy atom. The molecule has 1 nitrogen and oxygen atoms in total. The molecule has 0 spiro atoms. The van der Waals surface area contributed by atoms with Crippen LogP contribution in [0.1, 0.15) is 13.8 Å². The van der Waals surface area contributed by atoms with Gasteiger partial charge >= 0.3 is 0 Å². The van der Waals surface area contributed by atoms with Crippen LogP contribution in [0.5, 0.6) is 0 Å². The lowest BCUT2D eigenvalue weighted by Gasteiger charge is -2.17. The summed E-state index contributed by atoms with van der Waals surface area (Å²) in [7, 11) is 0.595. The summed E-state index contributed by atoms with van der Waals surface area (Å²) in [5.74, 6) is 2.53. The van der Waals surface area contributed by atoms with E-state index in [0.717, 1.165) is 13.2 Å². The van der Waals surface area contributed by atoms with Crippen LogP contribution in [0.4, 0.5) is 0 Å². The highest BCUT2D eigenvalue weighted by molar-refractivity contribution is 8.15. The zero-order valence-corrected chi connectivity index (χ0v) is 6.96. The van der Waals surface area contributed by atoms with Crippen molar-refractivity contribution in [3.63, 3.8) is 0 Å². The lowest BCUT2D eigenvalue weighted by molar-refractivity contribution is 0.161. The average Bonchev–Trinajstić information content (AvgIpc) is 1.90. The lowest BCUT2D eigenvalue weighted by atomic mass is 10.6. The molecular weight excluding hydrogens is 132 g/mol. The number of ether oxygens (including phenoxy) is 1. The summed E-state index contributed by atoms with van der Waals surface area (Å²) in [6.07, 6.45) is 0. The Hall–Kier alpha value is 0.180. The minimum atomic E-state index is 0.595. The van der Waals surface area contributed by atoms with E-state index in [-0.39, 0.29) is 0 Å². The normalized spacial score (nSPS) is 22.0. The standard InChI is InChI=1S/C7H14OS/c1-7(2)9-5-3-8-4-6-9/h3-6H2,1-2H3. The fraction of sp³-hybridized carbons (Fsp3) is 0.857. The van der Waals surface area contributed by atoms with Crippen molar-refractivity contribution in [2.75, 3.05) is 24.7 Å². The molecule has 54 valence electrons. The summed E-state index contributed by atoms with van der Waals surface area (Å²) in [6.45, 7) is 6.42. The van der Waals surface area contributed by atoms with Crippen LogP contribution in [0.2, 0.25) is 0 Å². The number of rotatable bonds is 0. The Kier molecular flexibility index (Phi) is 2.73. The predicted octanol–water partition coefficient (Wildman–Crippen LogP) is 1.50. The van der Waals surface area contributed by atoms with E-state index in [0.29, 0.717) is 10.5 Å². The molecule has 0 unspecified atom stereocenters. The Bertz CT molecular complexity index is 117. The van der Waals surface area contributed by atoms with Crippen LogP contribution >= 0.6 is 10.5 Å². The molecule has 1 saturated heterocycles. The highest BCUT2D eigenvalue weighted by atomic mass is 32.2. The molecule has 1 rings (SSSR count). The van der Waals surface area contributed by atoms with Crippen LogP contribution in [-0.2, 0) is 4.74 Å². The Labute approximate surface area is 59.3 Å². The molecule has 0 aliphatic carbocycles. The highest BCUT2D eigenvalue weighted by Gasteiger charge is 2.03. The molecule has 0 radical (unpaired) electrons. The SMILES string of the molecule is CC(C)=S1CCOCC1. The van der Waals surface area contributed by atoms with Gasteiger partial charge in [0.05, 0.1) is 13.2 Å². The Balaban J connectivity index is 2.49. The van der Waals surface area contributed by atoms with Crippen molar-refractivity contribution in [1.82, 2.24) is 0 Å². The van der Waals surface area contributed by atoms with Crippen LogP contribution in [-0.4, -0.2) is 29.6 Å². The molecule has 0 aromatic heterocycles. The van der Waals surface area contributed by atoms with Gasteiger partial charge in [0.15, 0.2) is 0 Å². The van der Waals surface area contributed by atoms with Gasteiger partial charge < -0.3 is 4.74 Å². The molecule has 0 bridgehead atoms.